The molecule has 0 bridgehead atoms. The highest BCUT2D eigenvalue weighted by Gasteiger charge is 2.19. The van der Waals surface area contributed by atoms with Crippen LogP contribution >= 0.6 is 0 Å². The molecule has 1 aliphatic carbocycles. The van der Waals surface area contributed by atoms with Gasteiger partial charge < -0.3 is 15.4 Å². The Morgan fingerprint density at radius 1 is 1.42 bits per heavy atom. The lowest BCUT2D eigenvalue weighted by atomic mass is 10.2. The number of ether oxygens (including phenoxy) is 1. The molecule has 1 aliphatic rings. The summed E-state index contributed by atoms with van der Waals surface area (Å²) in [6.07, 6.45) is 3.62. The first kappa shape index (κ1) is 13.6. The molecule has 0 heterocycles. The van der Waals surface area contributed by atoms with Crippen molar-refractivity contribution in [1.82, 2.24) is 5.32 Å². The molecular weight excluding hydrogens is 246 g/mol. The molecular formula is C13H19N3O3. The monoisotopic (exact) mass is 265 g/mol. The van der Waals surface area contributed by atoms with E-state index >= 15 is 0 Å². The highest BCUT2D eigenvalue weighted by Crippen LogP contribution is 2.29. The predicted molar refractivity (Wildman–Crippen MR) is 73.8 cm³/mol. The third-order valence-electron chi connectivity index (χ3n) is 3.07. The molecule has 0 saturated heterocycles. The van der Waals surface area contributed by atoms with E-state index < -0.39 is 4.92 Å². The van der Waals surface area contributed by atoms with Gasteiger partial charge in [0.05, 0.1) is 12.0 Å². The van der Waals surface area contributed by atoms with E-state index in [1.165, 1.54) is 26.0 Å². The Labute approximate surface area is 112 Å². The zero-order valence-electron chi connectivity index (χ0n) is 11.0. The summed E-state index contributed by atoms with van der Waals surface area (Å²) in [6, 6.07) is 5.56. The van der Waals surface area contributed by atoms with E-state index in [9.17, 15) is 10.1 Å². The van der Waals surface area contributed by atoms with Gasteiger partial charge in [-0.3, -0.25) is 10.1 Å². The Bertz CT molecular complexity index is 447. The molecule has 0 unspecified atom stereocenters. The second-order valence-corrected chi connectivity index (χ2v) is 4.65. The fourth-order valence-electron chi connectivity index (χ4n) is 1.85. The first-order valence-corrected chi connectivity index (χ1v) is 6.50. The van der Waals surface area contributed by atoms with Gasteiger partial charge in [0.1, 0.15) is 0 Å². The number of nitro benzene ring substituents is 1. The number of hydrogen-bond acceptors (Lipinski definition) is 5. The van der Waals surface area contributed by atoms with E-state index in [0.29, 0.717) is 0 Å². The summed E-state index contributed by atoms with van der Waals surface area (Å²) in [5.74, 6) is 0.283. The van der Waals surface area contributed by atoms with Crippen molar-refractivity contribution < 1.29 is 9.66 Å². The molecule has 0 amide bonds. The standard InChI is InChI=1S/C13H19N3O3/c1-19-13-9-11(5-6-12(13)16(17)18)15-8-2-7-14-10-3-4-10/h5-6,9-10,14-15H,2-4,7-8H2,1H3. The van der Waals surface area contributed by atoms with Gasteiger partial charge in [-0.2, -0.15) is 0 Å². The minimum Gasteiger partial charge on any atom is -0.490 e. The van der Waals surface area contributed by atoms with Gasteiger partial charge in [0.15, 0.2) is 5.75 Å². The number of hydrogen-bond donors (Lipinski definition) is 2. The summed E-state index contributed by atoms with van der Waals surface area (Å²) < 4.78 is 5.02. The van der Waals surface area contributed by atoms with Crippen molar-refractivity contribution in [3.05, 3.63) is 28.3 Å². The van der Waals surface area contributed by atoms with Crippen LogP contribution in [0.4, 0.5) is 11.4 Å². The molecule has 0 radical (unpaired) electrons. The van der Waals surface area contributed by atoms with Crippen LogP contribution in [0.1, 0.15) is 19.3 Å². The summed E-state index contributed by atoms with van der Waals surface area (Å²) >= 11 is 0. The van der Waals surface area contributed by atoms with E-state index in [1.54, 1.807) is 12.1 Å². The van der Waals surface area contributed by atoms with Gasteiger partial charge in [0, 0.05) is 30.4 Å². The average molecular weight is 265 g/mol. The van der Waals surface area contributed by atoms with Crippen LogP contribution in [-0.2, 0) is 0 Å². The summed E-state index contributed by atoms with van der Waals surface area (Å²) in [4.78, 5) is 10.3. The quantitative estimate of drug-likeness (QED) is 0.428. The largest absolute Gasteiger partial charge is 0.490 e. The fourth-order valence-corrected chi connectivity index (χ4v) is 1.85. The molecule has 0 aliphatic heterocycles. The maximum absolute atomic E-state index is 10.8. The number of nitrogens with zero attached hydrogens (tertiary/aromatic N) is 1. The van der Waals surface area contributed by atoms with Crippen LogP contribution in [-0.4, -0.2) is 31.2 Å². The summed E-state index contributed by atoms with van der Waals surface area (Å²) in [5.41, 5.74) is 0.831. The molecule has 6 nitrogen and oxygen atoms in total. The van der Waals surface area contributed by atoms with Gasteiger partial charge in [-0.05, 0) is 31.9 Å². The second kappa shape index (κ2) is 6.38. The van der Waals surface area contributed by atoms with E-state index in [-0.39, 0.29) is 11.4 Å². The molecule has 2 N–H and O–H groups in total. The summed E-state index contributed by atoms with van der Waals surface area (Å²) in [6.45, 7) is 1.84. The number of benzene rings is 1. The van der Waals surface area contributed by atoms with Crippen molar-refractivity contribution in [2.45, 2.75) is 25.3 Å². The number of nitrogens with one attached hydrogen (secondary N) is 2. The zero-order chi connectivity index (χ0) is 13.7. The molecule has 1 fully saturated rings. The SMILES string of the molecule is COc1cc(NCCCNC2CC2)ccc1[N+](=O)[O-]. The second-order valence-electron chi connectivity index (χ2n) is 4.65. The Balaban J connectivity index is 1.80. The molecule has 2 rings (SSSR count). The van der Waals surface area contributed by atoms with Crippen LogP contribution in [0, 0.1) is 10.1 Å². The molecule has 1 aromatic rings. The number of nitro groups is 1. The minimum absolute atomic E-state index is 0.0107. The average Bonchev–Trinajstić information content (AvgIpc) is 3.22. The predicted octanol–water partition coefficient (Wildman–Crippen LogP) is 2.16. The van der Waals surface area contributed by atoms with Crippen molar-refractivity contribution >= 4 is 11.4 Å². The van der Waals surface area contributed by atoms with Gasteiger partial charge in [0.2, 0.25) is 0 Å². The van der Waals surface area contributed by atoms with Gasteiger partial charge >= 0.3 is 5.69 Å². The fraction of sp³-hybridized carbons (Fsp3) is 0.538. The molecule has 0 atom stereocenters. The van der Waals surface area contributed by atoms with Crippen LogP contribution in [0.3, 0.4) is 0 Å². The minimum atomic E-state index is -0.442. The first-order chi connectivity index (χ1) is 9.20. The maximum atomic E-state index is 10.8. The van der Waals surface area contributed by atoms with Crippen molar-refractivity contribution in [2.24, 2.45) is 0 Å². The molecule has 0 spiro atoms. The van der Waals surface area contributed by atoms with Crippen molar-refractivity contribution in [3.8, 4) is 5.75 Å². The lowest BCUT2D eigenvalue weighted by Crippen LogP contribution is -2.19. The summed E-state index contributed by atoms with van der Waals surface area (Å²) in [5, 5.41) is 17.4. The zero-order valence-corrected chi connectivity index (χ0v) is 11.0. The van der Waals surface area contributed by atoms with E-state index in [4.69, 9.17) is 4.74 Å². The normalized spacial score (nSPS) is 14.2. The first-order valence-electron chi connectivity index (χ1n) is 6.50. The van der Waals surface area contributed by atoms with Gasteiger partial charge in [-0.25, -0.2) is 0 Å². The summed E-state index contributed by atoms with van der Waals surface area (Å²) in [7, 11) is 1.44. The van der Waals surface area contributed by atoms with E-state index in [1.807, 2.05) is 0 Å². The van der Waals surface area contributed by atoms with Gasteiger partial charge in [-0.1, -0.05) is 0 Å². The maximum Gasteiger partial charge on any atom is 0.311 e. The van der Waals surface area contributed by atoms with Crippen LogP contribution in [0.15, 0.2) is 18.2 Å². The molecule has 19 heavy (non-hydrogen) atoms. The number of anilines is 1. The van der Waals surface area contributed by atoms with Gasteiger partial charge in [0.25, 0.3) is 0 Å². The van der Waals surface area contributed by atoms with Gasteiger partial charge in [-0.15, -0.1) is 0 Å². The molecule has 1 saturated carbocycles. The molecule has 104 valence electrons. The van der Waals surface area contributed by atoms with Crippen molar-refractivity contribution in [2.75, 3.05) is 25.5 Å². The van der Waals surface area contributed by atoms with Crippen LogP contribution in [0.25, 0.3) is 0 Å². The van der Waals surface area contributed by atoms with Crippen molar-refractivity contribution in [1.29, 1.82) is 0 Å². The Hall–Kier alpha value is -1.82. The Morgan fingerprint density at radius 3 is 2.84 bits per heavy atom. The lowest BCUT2D eigenvalue weighted by Gasteiger charge is -2.08. The van der Waals surface area contributed by atoms with E-state index in [0.717, 1.165) is 31.2 Å². The van der Waals surface area contributed by atoms with E-state index in [2.05, 4.69) is 10.6 Å². The Kier molecular flexibility index (Phi) is 4.57. The third kappa shape index (κ3) is 4.10. The molecule has 0 aromatic heterocycles. The number of methoxy groups -OCH3 is 1. The lowest BCUT2D eigenvalue weighted by molar-refractivity contribution is -0.385. The van der Waals surface area contributed by atoms with Crippen molar-refractivity contribution in [3.63, 3.8) is 0 Å². The molecule has 6 heteroatoms. The smallest absolute Gasteiger partial charge is 0.311 e. The van der Waals surface area contributed by atoms with Crippen LogP contribution < -0.4 is 15.4 Å². The third-order valence-corrected chi connectivity index (χ3v) is 3.07. The molecule has 1 aromatic carbocycles. The highest BCUT2D eigenvalue weighted by molar-refractivity contribution is 5.57. The van der Waals surface area contributed by atoms with Crippen LogP contribution in [0.2, 0.25) is 0 Å². The highest BCUT2D eigenvalue weighted by atomic mass is 16.6. The Morgan fingerprint density at radius 2 is 2.21 bits per heavy atom. The topological polar surface area (TPSA) is 76.4 Å². The van der Waals surface area contributed by atoms with Crippen LogP contribution in [0.5, 0.6) is 5.75 Å². The number of rotatable bonds is 8.